The molecule has 1 aromatic carbocycles. The highest BCUT2D eigenvalue weighted by atomic mass is 19.4. The van der Waals surface area contributed by atoms with Gasteiger partial charge in [-0.3, -0.25) is 0 Å². The Morgan fingerprint density at radius 2 is 1.83 bits per heavy atom. The van der Waals surface area contributed by atoms with Crippen LogP contribution in [0.15, 0.2) is 24.3 Å². The highest BCUT2D eigenvalue weighted by molar-refractivity contribution is 5.27. The SMILES string of the molecule is CC1(CC#N)CCC(NCc2ccccc2CC(F)(F)F)CC1. The Kier molecular flexibility index (Phi) is 5.69. The second kappa shape index (κ2) is 7.35. The molecule has 0 spiro atoms. The van der Waals surface area contributed by atoms with E-state index in [0.717, 1.165) is 31.2 Å². The third-order valence-electron chi connectivity index (χ3n) is 4.79. The van der Waals surface area contributed by atoms with Gasteiger partial charge in [0.15, 0.2) is 0 Å². The highest BCUT2D eigenvalue weighted by Crippen LogP contribution is 2.38. The van der Waals surface area contributed by atoms with E-state index in [0.29, 0.717) is 24.6 Å². The molecule has 0 aliphatic heterocycles. The summed E-state index contributed by atoms with van der Waals surface area (Å²) >= 11 is 0. The Morgan fingerprint density at radius 1 is 1.22 bits per heavy atom. The Labute approximate surface area is 135 Å². The van der Waals surface area contributed by atoms with E-state index in [9.17, 15) is 13.2 Å². The lowest BCUT2D eigenvalue weighted by atomic mass is 9.72. The first kappa shape index (κ1) is 17.8. The van der Waals surface area contributed by atoms with Crippen LogP contribution in [-0.2, 0) is 13.0 Å². The molecular weight excluding hydrogens is 301 g/mol. The van der Waals surface area contributed by atoms with Crippen LogP contribution in [0, 0.1) is 16.7 Å². The summed E-state index contributed by atoms with van der Waals surface area (Å²) in [6, 6.07) is 9.32. The minimum atomic E-state index is -4.18. The minimum absolute atomic E-state index is 0.0983. The van der Waals surface area contributed by atoms with E-state index in [4.69, 9.17) is 5.26 Å². The predicted molar refractivity (Wildman–Crippen MR) is 83.6 cm³/mol. The lowest BCUT2D eigenvalue weighted by Gasteiger charge is -2.36. The number of nitrogens with zero attached hydrogens (tertiary/aromatic N) is 1. The number of nitrogens with one attached hydrogen (secondary N) is 1. The average Bonchev–Trinajstić information content (AvgIpc) is 2.47. The maximum Gasteiger partial charge on any atom is 0.393 e. The van der Waals surface area contributed by atoms with Gasteiger partial charge in [-0.05, 0) is 42.2 Å². The molecule has 0 amide bonds. The number of alkyl halides is 3. The van der Waals surface area contributed by atoms with Crippen molar-refractivity contribution in [3.63, 3.8) is 0 Å². The Hall–Kier alpha value is -1.54. The normalized spacial score (nSPS) is 25.1. The lowest BCUT2D eigenvalue weighted by molar-refractivity contribution is -0.127. The second-order valence-corrected chi connectivity index (χ2v) is 6.86. The van der Waals surface area contributed by atoms with E-state index in [2.05, 4.69) is 18.3 Å². The zero-order chi connectivity index (χ0) is 16.9. The summed E-state index contributed by atoms with van der Waals surface area (Å²) in [5.74, 6) is 0. The maximum absolute atomic E-state index is 12.6. The van der Waals surface area contributed by atoms with Gasteiger partial charge in [0, 0.05) is 19.0 Å². The summed E-state index contributed by atoms with van der Waals surface area (Å²) in [6.07, 6.45) is -0.561. The van der Waals surface area contributed by atoms with Crippen molar-refractivity contribution in [2.75, 3.05) is 0 Å². The van der Waals surface area contributed by atoms with Crippen LogP contribution in [-0.4, -0.2) is 12.2 Å². The smallest absolute Gasteiger partial charge is 0.310 e. The van der Waals surface area contributed by atoms with Gasteiger partial charge in [-0.25, -0.2) is 0 Å². The summed E-state index contributed by atoms with van der Waals surface area (Å²) in [5, 5.41) is 12.3. The van der Waals surface area contributed by atoms with Crippen LogP contribution in [0.2, 0.25) is 0 Å². The predicted octanol–water partition coefficient (Wildman–Crippen LogP) is 4.74. The molecule has 0 radical (unpaired) electrons. The molecule has 0 atom stereocenters. The molecule has 0 bridgehead atoms. The van der Waals surface area contributed by atoms with E-state index >= 15 is 0 Å². The van der Waals surface area contributed by atoms with Crippen LogP contribution in [0.5, 0.6) is 0 Å². The van der Waals surface area contributed by atoms with E-state index in [1.165, 1.54) is 0 Å². The van der Waals surface area contributed by atoms with Crippen LogP contribution in [0.3, 0.4) is 0 Å². The zero-order valence-corrected chi connectivity index (χ0v) is 13.4. The molecule has 1 N–H and O–H groups in total. The third-order valence-corrected chi connectivity index (χ3v) is 4.79. The summed E-state index contributed by atoms with van der Waals surface area (Å²) in [5.41, 5.74) is 1.16. The van der Waals surface area contributed by atoms with E-state index in [-0.39, 0.29) is 5.41 Å². The largest absolute Gasteiger partial charge is 0.393 e. The molecular formula is C18H23F3N2. The second-order valence-electron chi connectivity index (χ2n) is 6.86. The van der Waals surface area contributed by atoms with Gasteiger partial charge in [0.1, 0.15) is 0 Å². The summed E-state index contributed by atoms with van der Waals surface area (Å²) in [4.78, 5) is 0. The molecule has 0 aromatic heterocycles. The van der Waals surface area contributed by atoms with Gasteiger partial charge in [-0.2, -0.15) is 18.4 Å². The van der Waals surface area contributed by atoms with Gasteiger partial charge in [0.25, 0.3) is 0 Å². The first-order valence-corrected chi connectivity index (χ1v) is 8.05. The Balaban J connectivity index is 1.89. The fraction of sp³-hybridized carbons (Fsp3) is 0.611. The molecule has 1 aliphatic rings. The molecule has 0 unspecified atom stereocenters. The average molecular weight is 324 g/mol. The monoisotopic (exact) mass is 324 g/mol. The van der Waals surface area contributed by atoms with Crippen molar-refractivity contribution >= 4 is 0 Å². The van der Waals surface area contributed by atoms with Gasteiger partial charge in [-0.1, -0.05) is 31.2 Å². The molecule has 2 rings (SSSR count). The topological polar surface area (TPSA) is 35.8 Å². The quantitative estimate of drug-likeness (QED) is 0.849. The summed E-state index contributed by atoms with van der Waals surface area (Å²) in [6.45, 7) is 2.61. The number of benzene rings is 1. The van der Waals surface area contributed by atoms with E-state index in [1.54, 1.807) is 24.3 Å². The van der Waals surface area contributed by atoms with Gasteiger partial charge >= 0.3 is 6.18 Å². The number of hydrogen-bond donors (Lipinski definition) is 1. The van der Waals surface area contributed by atoms with Crippen LogP contribution < -0.4 is 5.32 Å². The molecule has 1 aliphatic carbocycles. The first-order valence-electron chi connectivity index (χ1n) is 8.05. The molecule has 126 valence electrons. The number of hydrogen-bond acceptors (Lipinski definition) is 2. The molecule has 1 aromatic rings. The van der Waals surface area contributed by atoms with Gasteiger partial charge in [0.2, 0.25) is 0 Å². The molecule has 2 nitrogen and oxygen atoms in total. The molecule has 1 fully saturated rings. The number of halogens is 3. The van der Waals surface area contributed by atoms with Crippen LogP contribution in [0.4, 0.5) is 13.2 Å². The van der Waals surface area contributed by atoms with Crippen molar-refractivity contribution in [2.24, 2.45) is 5.41 Å². The van der Waals surface area contributed by atoms with Crippen LogP contribution in [0.1, 0.15) is 50.2 Å². The van der Waals surface area contributed by atoms with Gasteiger partial charge < -0.3 is 5.32 Å². The van der Waals surface area contributed by atoms with Crippen LogP contribution >= 0.6 is 0 Å². The zero-order valence-electron chi connectivity index (χ0n) is 13.4. The standard InChI is InChI=1S/C18H23F3N2/c1-17(10-11-22)8-6-16(7-9-17)23-13-15-5-3-2-4-14(15)12-18(19,20)21/h2-5,16,23H,6-10,12-13H2,1H3. The van der Waals surface area contributed by atoms with Crippen LogP contribution in [0.25, 0.3) is 0 Å². The third kappa shape index (κ3) is 5.54. The van der Waals surface area contributed by atoms with Crippen molar-refractivity contribution in [3.05, 3.63) is 35.4 Å². The number of nitriles is 1. The Bertz CT molecular complexity index is 552. The van der Waals surface area contributed by atoms with Gasteiger partial charge in [0.05, 0.1) is 12.5 Å². The molecule has 0 heterocycles. The maximum atomic E-state index is 12.6. The fourth-order valence-electron chi connectivity index (χ4n) is 3.26. The number of rotatable bonds is 5. The molecule has 5 heteroatoms. The molecule has 23 heavy (non-hydrogen) atoms. The Morgan fingerprint density at radius 3 is 2.39 bits per heavy atom. The van der Waals surface area contributed by atoms with Crippen molar-refractivity contribution in [1.29, 1.82) is 5.26 Å². The summed E-state index contributed by atoms with van der Waals surface area (Å²) < 4.78 is 37.9. The highest BCUT2D eigenvalue weighted by Gasteiger charge is 2.31. The van der Waals surface area contributed by atoms with Crippen molar-refractivity contribution in [1.82, 2.24) is 5.32 Å². The van der Waals surface area contributed by atoms with Crippen molar-refractivity contribution < 1.29 is 13.2 Å². The molecule has 1 saturated carbocycles. The van der Waals surface area contributed by atoms with Crippen molar-refractivity contribution in [3.8, 4) is 6.07 Å². The lowest BCUT2D eigenvalue weighted by Crippen LogP contribution is -2.36. The van der Waals surface area contributed by atoms with E-state index < -0.39 is 12.6 Å². The molecule has 0 saturated heterocycles. The summed E-state index contributed by atoms with van der Waals surface area (Å²) in [7, 11) is 0. The van der Waals surface area contributed by atoms with Crippen molar-refractivity contribution in [2.45, 2.75) is 64.2 Å². The van der Waals surface area contributed by atoms with E-state index in [1.807, 2.05) is 0 Å². The minimum Gasteiger partial charge on any atom is -0.310 e. The van der Waals surface area contributed by atoms with Gasteiger partial charge in [-0.15, -0.1) is 0 Å². The first-order chi connectivity index (χ1) is 10.8. The fourth-order valence-corrected chi connectivity index (χ4v) is 3.26.